The number of hydrogen-bond acceptors (Lipinski definition) is 4. The number of likely N-dealkylation sites (tertiary alicyclic amines) is 1. The third-order valence-electron chi connectivity index (χ3n) is 5.59. The fourth-order valence-corrected chi connectivity index (χ4v) is 4.35. The summed E-state index contributed by atoms with van der Waals surface area (Å²) in [5.41, 5.74) is 2.11. The van der Waals surface area contributed by atoms with Crippen LogP contribution in [0.5, 0.6) is 0 Å². The average Bonchev–Trinajstić information content (AvgIpc) is 2.98. The van der Waals surface area contributed by atoms with E-state index in [9.17, 15) is 9.59 Å². The maximum atomic E-state index is 13.0. The van der Waals surface area contributed by atoms with Gasteiger partial charge in [0.2, 0.25) is 5.91 Å². The van der Waals surface area contributed by atoms with Gasteiger partial charge in [0.15, 0.2) is 0 Å². The second kappa shape index (κ2) is 6.78. The number of benzene rings is 1. The van der Waals surface area contributed by atoms with Crippen molar-refractivity contribution in [2.75, 3.05) is 27.2 Å². The first-order valence-electron chi connectivity index (χ1n) is 9.22. The molecule has 2 aliphatic rings. The van der Waals surface area contributed by atoms with Gasteiger partial charge in [0, 0.05) is 45.5 Å². The maximum absolute atomic E-state index is 13.0. The summed E-state index contributed by atoms with van der Waals surface area (Å²) in [6.07, 6.45) is 2.44. The minimum absolute atomic E-state index is 0.0539. The largest absolute Gasteiger partial charge is 0.348 e. The molecule has 6 nitrogen and oxygen atoms in total. The molecule has 4 rings (SSSR count). The van der Waals surface area contributed by atoms with E-state index in [-0.39, 0.29) is 17.7 Å². The molecule has 0 bridgehead atoms. The van der Waals surface area contributed by atoms with Crippen LogP contribution in [0.15, 0.2) is 48.7 Å². The number of fused-ring (bicyclic) bond motifs is 1. The summed E-state index contributed by atoms with van der Waals surface area (Å²) >= 11 is 0. The summed E-state index contributed by atoms with van der Waals surface area (Å²) in [6.45, 7) is 1.90. The fourth-order valence-electron chi connectivity index (χ4n) is 4.35. The van der Waals surface area contributed by atoms with Crippen LogP contribution < -0.4 is 5.32 Å². The van der Waals surface area contributed by atoms with Gasteiger partial charge in [-0.25, -0.2) is 0 Å². The highest BCUT2D eigenvalue weighted by Gasteiger charge is 2.53. The minimum Gasteiger partial charge on any atom is -0.348 e. The third kappa shape index (κ3) is 3.21. The smallest absolute Gasteiger partial charge is 0.252 e. The van der Waals surface area contributed by atoms with E-state index < -0.39 is 5.54 Å². The lowest BCUT2D eigenvalue weighted by atomic mass is 9.77. The Morgan fingerprint density at radius 3 is 2.78 bits per heavy atom. The molecule has 0 radical (unpaired) electrons. The highest BCUT2D eigenvalue weighted by molar-refractivity contribution is 5.98. The standard InChI is InChI=1S/C21H24N4O2/c1-24(2)20(27)18-13-25(12-16-8-5-6-10-22-16)14-21(18)11-15-7-3-4-9-17(15)19(26)23-21/h3-10,18H,11-14H2,1-2H3,(H,23,26)/t18-,21+/m0/s1. The van der Waals surface area contributed by atoms with Crippen molar-refractivity contribution >= 4 is 11.8 Å². The van der Waals surface area contributed by atoms with Crippen molar-refractivity contribution in [3.63, 3.8) is 0 Å². The summed E-state index contributed by atoms with van der Waals surface area (Å²) < 4.78 is 0. The molecule has 1 spiro atoms. The van der Waals surface area contributed by atoms with Gasteiger partial charge in [-0.1, -0.05) is 24.3 Å². The van der Waals surface area contributed by atoms with Gasteiger partial charge in [0.25, 0.3) is 5.91 Å². The van der Waals surface area contributed by atoms with E-state index >= 15 is 0 Å². The molecule has 27 heavy (non-hydrogen) atoms. The Balaban J connectivity index is 1.66. The van der Waals surface area contributed by atoms with Crippen LogP contribution in [0, 0.1) is 5.92 Å². The lowest BCUT2D eigenvalue weighted by Crippen LogP contribution is -2.61. The number of nitrogens with zero attached hydrogens (tertiary/aromatic N) is 3. The molecule has 1 aromatic carbocycles. The average molecular weight is 364 g/mol. The van der Waals surface area contributed by atoms with Gasteiger partial charge in [-0.3, -0.25) is 19.5 Å². The highest BCUT2D eigenvalue weighted by Crippen LogP contribution is 2.36. The monoisotopic (exact) mass is 364 g/mol. The van der Waals surface area contributed by atoms with Crippen molar-refractivity contribution in [2.24, 2.45) is 5.92 Å². The Morgan fingerprint density at radius 2 is 2.04 bits per heavy atom. The van der Waals surface area contributed by atoms with Crippen LogP contribution in [0.25, 0.3) is 0 Å². The van der Waals surface area contributed by atoms with E-state index in [0.29, 0.717) is 31.6 Å². The number of hydrogen-bond donors (Lipinski definition) is 1. The summed E-state index contributed by atoms with van der Waals surface area (Å²) in [5, 5.41) is 3.20. The van der Waals surface area contributed by atoms with Gasteiger partial charge in [0.05, 0.1) is 17.2 Å². The predicted octanol–water partition coefficient (Wildman–Crippen LogP) is 1.33. The summed E-state index contributed by atoms with van der Waals surface area (Å²) in [6, 6.07) is 13.5. The van der Waals surface area contributed by atoms with E-state index in [1.165, 1.54) is 0 Å². The van der Waals surface area contributed by atoms with Gasteiger partial charge >= 0.3 is 0 Å². The van der Waals surface area contributed by atoms with Crippen molar-refractivity contribution in [1.82, 2.24) is 20.1 Å². The van der Waals surface area contributed by atoms with Crippen molar-refractivity contribution in [1.29, 1.82) is 0 Å². The topological polar surface area (TPSA) is 65.5 Å². The van der Waals surface area contributed by atoms with E-state index in [1.807, 2.05) is 42.5 Å². The number of carbonyl (C=O) groups is 2. The molecule has 1 saturated heterocycles. The maximum Gasteiger partial charge on any atom is 0.252 e. The van der Waals surface area contributed by atoms with E-state index in [2.05, 4.69) is 15.2 Å². The molecule has 3 heterocycles. The summed E-state index contributed by atoms with van der Waals surface area (Å²) in [7, 11) is 3.55. The first kappa shape index (κ1) is 17.7. The van der Waals surface area contributed by atoms with E-state index in [1.54, 1.807) is 25.2 Å². The highest BCUT2D eigenvalue weighted by atomic mass is 16.2. The van der Waals surface area contributed by atoms with Gasteiger partial charge in [-0.2, -0.15) is 0 Å². The van der Waals surface area contributed by atoms with Gasteiger partial charge < -0.3 is 10.2 Å². The molecule has 1 fully saturated rings. The summed E-state index contributed by atoms with van der Waals surface area (Å²) in [4.78, 5) is 34.0. The van der Waals surface area contributed by atoms with Gasteiger partial charge in [-0.05, 0) is 30.2 Å². The molecule has 2 aliphatic heterocycles. The van der Waals surface area contributed by atoms with Crippen molar-refractivity contribution < 1.29 is 9.59 Å². The molecule has 1 N–H and O–H groups in total. The molecular formula is C21H24N4O2. The van der Waals surface area contributed by atoms with Crippen molar-refractivity contribution in [3.8, 4) is 0 Å². The van der Waals surface area contributed by atoms with Gasteiger partial charge in [0.1, 0.15) is 0 Å². The van der Waals surface area contributed by atoms with Crippen LogP contribution in [0.3, 0.4) is 0 Å². The first-order valence-corrected chi connectivity index (χ1v) is 9.22. The number of aromatic nitrogens is 1. The number of carbonyl (C=O) groups excluding carboxylic acids is 2. The SMILES string of the molecule is CN(C)C(=O)[C@@H]1CN(Cc2ccccn2)C[C@]12Cc1ccccc1C(=O)N2. The molecule has 140 valence electrons. The molecular weight excluding hydrogens is 340 g/mol. The Labute approximate surface area is 159 Å². The molecule has 0 saturated carbocycles. The van der Waals surface area contributed by atoms with Crippen LogP contribution in [0.4, 0.5) is 0 Å². The number of rotatable bonds is 3. The number of amides is 2. The van der Waals surface area contributed by atoms with E-state index in [4.69, 9.17) is 0 Å². The normalized spacial score (nSPS) is 24.5. The predicted molar refractivity (Wildman–Crippen MR) is 102 cm³/mol. The Kier molecular flexibility index (Phi) is 4.44. The quantitative estimate of drug-likeness (QED) is 0.892. The van der Waals surface area contributed by atoms with Crippen LogP contribution in [0.1, 0.15) is 21.6 Å². The number of pyridine rings is 1. The van der Waals surface area contributed by atoms with Crippen LogP contribution in [-0.4, -0.2) is 59.3 Å². The fraction of sp³-hybridized carbons (Fsp3) is 0.381. The Bertz CT molecular complexity index is 867. The molecule has 6 heteroatoms. The molecule has 2 amide bonds. The molecule has 2 atom stereocenters. The lowest BCUT2D eigenvalue weighted by molar-refractivity contribution is -0.134. The van der Waals surface area contributed by atoms with Gasteiger partial charge in [-0.15, -0.1) is 0 Å². The van der Waals surface area contributed by atoms with Crippen molar-refractivity contribution in [3.05, 3.63) is 65.5 Å². The number of nitrogens with one attached hydrogen (secondary N) is 1. The van der Waals surface area contributed by atoms with E-state index in [0.717, 1.165) is 11.3 Å². The minimum atomic E-state index is -0.582. The Morgan fingerprint density at radius 1 is 1.26 bits per heavy atom. The zero-order valence-electron chi connectivity index (χ0n) is 15.7. The Hall–Kier alpha value is -2.73. The second-order valence-electron chi connectivity index (χ2n) is 7.72. The zero-order chi connectivity index (χ0) is 19.0. The molecule has 1 aromatic heterocycles. The molecule has 0 aliphatic carbocycles. The van der Waals surface area contributed by atoms with Crippen LogP contribution in [0.2, 0.25) is 0 Å². The molecule has 0 unspecified atom stereocenters. The molecule has 2 aromatic rings. The summed E-state index contributed by atoms with van der Waals surface area (Å²) in [5.74, 6) is -0.320. The third-order valence-corrected chi connectivity index (χ3v) is 5.59. The van der Waals surface area contributed by atoms with Crippen molar-refractivity contribution in [2.45, 2.75) is 18.5 Å². The zero-order valence-corrected chi connectivity index (χ0v) is 15.7. The van der Waals surface area contributed by atoms with Crippen LogP contribution in [-0.2, 0) is 17.8 Å². The van der Waals surface area contributed by atoms with Crippen LogP contribution >= 0.6 is 0 Å². The second-order valence-corrected chi connectivity index (χ2v) is 7.72. The lowest BCUT2D eigenvalue weighted by Gasteiger charge is -2.40. The first-order chi connectivity index (χ1) is 13.0.